The highest BCUT2D eigenvalue weighted by Crippen LogP contribution is 2.34. The van der Waals surface area contributed by atoms with Gasteiger partial charge in [0.2, 0.25) is 5.91 Å². The van der Waals surface area contributed by atoms with Gasteiger partial charge in [-0.3, -0.25) is 4.79 Å². The summed E-state index contributed by atoms with van der Waals surface area (Å²) in [7, 11) is 0. The van der Waals surface area contributed by atoms with Crippen molar-refractivity contribution in [1.29, 1.82) is 0 Å². The number of unbranched alkanes of at least 4 members (excludes halogenated alkanes) is 13. The fourth-order valence-corrected chi connectivity index (χ4v) is 5.40. The van der Waals surface area contributed by atoms with Crippen LogP contribution in [0.3, 0.4) is 0 Å². The Kier molecular flexibility index (Phi) is 14.7. The molecule has 2 heterocycles. The third kappa shape index (κ3) is 10.6. The first-order valence-electron chi connectivity index (χ1n) is 15.1. The van der Waals surface area contributed by atoms with Crippen LogP contribution < -0.4 is 5.32 Å². The Labute approximate surface area is 230 Å². The number of rotatable bonds is 18. The molecule has 0 aromatic heterocycles. The molecular weight excluding hydrogens is 482 g/mol. The van der Waals surface area contributed by atoms with Gasteiger partial charge in [0.1, 0.15) is 24.4 Å². The normalized spacial score (nSPS) is 27.1. The molecule has 2 fully saturated rings. The van der Waals surface area contributed by atoms with E-state index in [9.17, 15) is 9.90 Å². The predicted octanol–water partition coefficient (Wildman–Crippen LogP) is 6.19. The van der Waals surface area contributed by atoms with Crippen LogP contribution in [0.4, 0.5) is 0 Å². The van der Waals surface area contributed by atoms with E-state index in [1.165, 1.54) is 84.0 Å². The molecule has 7 nitrogen and oxygen atoms in total. The maximum absolute atomic E-state index is 11.9. The van der Waals surface area contributed by atoms with E-state index in [1.54, 1.807) is 0 Å². The molecule has 6 atom stereocenters. The van der Waals surface area contributed by atoms with Crippen LogP contribution in [-0.2, 0) is 23.7 Å². The quantitative estimate of drug-likeness (QED) is 0.219. The van der Waals surface area contributed by atoms with Crippen LogP contribution in [0.1, 0.15) is 116 Å². The maximum atomic E-state index is 11.9. The van der Waals surface area contributed by atoms with Crippen molar-refractivity contribution in [2.45, 2.75) is 141 Å². The molecule has 1 aromatic carbocycles. The standard InChI is InChI=1S/C31H51NO6/c1-3-4-5-6-7-8-9-10-11-12-13-14-15-19-22-35-31-27(32-24(2)33)28(34)29-26(37-31)23-36-30(38-29)25-20-17-16-18-21-25/h16-18,20-21,26-31,34H,3-15,19,22-23H2,1-2H3,(H,32,33)/t26-,27+,28-,29-,30-,31+/m0/s1. The summed E-state index contributed by atoms with van der Waals surface area (Å²) < 4.78 is 24.1. The molecule has 0 radical (unpaired) electrons. The van der Waals surface area contributed by atoms with Gasteiger partial charge in [-0.25, -0.2) is 0 Å². The summed E-state index contributed by atoms with van der Waals surface area (Å²) in [5.74, 6) is -0.243. The third-order valence-electron chi connectivity index (χ3n) is 7.59. The predicted molar refractivity (Wildman–Crippen MR) is 149 cm³/mol. The summed E-state index contributed by atoms with van der Waals surface area (Å²) in [6, 6.07) is 8.92. The third-order valence-corrected chi connectivity index (χ3v) is 7.59. The van der Waals surface area contributed by atoms with Gasteiger partial charge in [-0.15, -0.1) is 0 Å². The van der Waals surface area contributed by atoms with E-state index in [2.05, 4.69) is 12.2 Å². The molecule has 1 aromatic rings. The summed E-state index contributed by atoms with van der Waals surface area (Å²) in [6.45, 7) is 4.51. The van der Waals surface area contributed by atoms with E-state index in [0.29, 0.717) is 6.61 Å². The van der Waals surface area contributed by atoms with Crippen LogP contribution in [0.5, 0.6) is 0 Å². The monoisotopic (exact) mass is 533 g/mol. The summed E-state index contributed by atoms with van der Waals surface area (Å²) in [6.07, 6.45) is 14.9. The number of hydrogen-bond acceptors (Lipinski definition) is 6. The van der Waals surface area contributed by atoms with Gasteiger partial charge in [0.05, 0.1) is 6.61 Å². The van der Waals surface area contributed by atoms with E-state index < -0.39 is 36.9 Å². The number of nitrogens with one attached hydrogen (secondary N) is 1. The molecule has 3 rings (SSSR count). The largest absolute Gasteiger partial charge is 0.388 e. The van der Waals surface area contributed by atoms with E-state index in [4.69, 9.17) is 18.9 Å². The van der Waals surface area contributed by atoms with E-state index in [0.717, 1.165) is 18.4 Å². The number of carbonyl (C=O) groups excluding carboxylic acids is 1. The first-order chi connectivity index (χ1) is 18.6. The lowest BCUT2D eigenvalue weighted by atomic mass is 9.95. The van der Waals surface area contributed by atoms with Crippen LogP contribution in [-0.4, -0.2) is 54.9 Å². The fourth-order valence-electron chi connectivity index (χ4n) is 5.40. The Morgan fingerprint density at radius 2 is 1.47 bits per heavy atom. The van der Waals surface area contributed by atoms with Crippen LogP contribution in [0, 0.1) is 0 Å². The van der Waals surface area contributed by atoms with Crippen molar-refractivity contribution < 1.29 is 28.8 Å². The highest BCUT2D eigenvalue weighted by Gasteiger charge is 2.50. The number of hydrogen-bond donors (Lipinski definition) is 2. The van der Waals surface area contributed by atoms with Crippen molar-refractivity contribution in [3.05, 3.63) is 35.9 Å². The van der Waals surface area contributed by atoms with Crippen molar-refractivity contribution in [2.24, 2.45) is 0 Å². The zero-order valence-corrected chi connectivity index (χ0v) is 23.7. The average Bonchev–Trinajstić information content (AvgIpc) is 2.93. The Balaban J connectivity index is 1.30. The number of fused-ring (bicyclic) bond motifs is 1. The summed E-state index contributed by atoms with van der Waals surface area (Å²) in [4.78, 5) is 11.9. The molecule has 1 amide bonds. The van der Waals surface area contributed by atoms with Gasteiger partial charge in [-0.2, -0.15) is 0 Å². The van der Waals surface area contributed by atoms with Gasteiger partial charge < -0.3 is 29.4 Å². The Morgan fingerprint density at radius 3 is 2.05 bits per heavy atom. The first kappa shape index (κ1) is 31.0. The number of amides is 1. The molecular formula is C31H51NO6. The van der Waals surface area contributed by atoms with Gasteiger partial charge in [0.25, 0.3) is 0 Å². The van der Waals surface area contributed by atoms with Crippen molar-refractivity contribution in [1.82, 2.24) is 5.32 Å². The topological polar surface area (TPSA) is 86.2 Å². The molecule has 2 aliphatic heterocycles. The van der Waals surface area contributed by atoms with Crippen molar-refractivity contribution in [3.8, 4) is 0 Å². The molecule has 2 aliphatic rings. The highest BCUT2D eigenvalue weighted by molar-refractivity contribution is 5.73. The van der Waals surface area contributed by atoms with E-state index >= 15 is 0 Å². The first-order valence-corrected chi connectivity index (χ1v) is 15.1. The van der Waals surface area contributed by atoms with Gasteiger partial charge in [-0.05, 0) is 6.42 Å². The average molecular weight is 534 g/mol. The molecule has 2 N–H and O–H groups in total. The van der Waals surface area contributed by atoms with Gasteiger partial charge in [0, 0.05) is 19.1 Å². The smallest absolute Gasteiger partial charge is 0.217 e. The Morgan fingerprint density at radius 1 is 0.895 bits per heavy atom. The number of carbonyl (C=O) groups is 1. The summed E-state index contributed by atoms with van der Waals surface area (Å²) in [5.41, 5.74) is 0.880. The number of ether oxygens (including phenoxy) is 4. The number of aliphatic hydroxyl groups excluding tert-OH is 1. The molecule has 38 heavy (non-hydrogen) atoms. The van der Waals surface area contributed by atoms with Crippen molar-refractivity contribution in [2.75, 3.05) is 13.2 Å². The lowest BCUT2D eigenvalue weighted by Crippen LogP contribution is -2.66. The zero-order valence-electron chi connectivity index (χ0n) is 23.7. The highest BCUT2D eigenvalue weighted by atomic mass is 16.7. The molecule has 0 aliphatic carbocycles. The Hall–Kier alpha value is -1.51. The minimum atomic E-state index is -0.964. The lowest BCUT2D eigenvalue weighted by Gasteiger charge is -2.47. The fraction of sp³-hybridized carbons (Fsp3) is 0.774. The lowest BCUT2D eigenvalue weighted by molar-refractivity contribution is -0.344. The van der Waals surface area contributed by atoms with Crippen molar-refractivity contribution >= 4 is 5.91 Å². The van der Waals surface area contributed by atoms with Crippen LogP contribution >= 0.6 is 0 Å². The van der Waals surface area contributed by atoms with Gasteiger partial charge in [-0.1, -0.05) is 121 Å². The minimum absolute atomic E-state index is 0.243. The second-order valence-corrected chi connectivity index (χ2v) is 10.9. The SMILES string of the molecule is CCCCCCCCCCCCCCCCO[C@@H]1O[C@H]2CO[C@H](c3ccccc3)O[C@@H]2[C@@H](O)[C@H]1NC(C)=O. The Bertz CT molecular complexity index is 762. The summed E-state index contributed by atoms with van der Waals surface area (Å²) >= 11 is 0. The molecule has 0 bridgehead atoms. The number of aliphatic hydroxyl groups is 1. The second kappa shape index (κ2) is 18.0. The maximum Gasteiger partial charge on any atom is 0.217 e. The van der Waals surface area contributed by atoms with Crippen LogP contribution in [0.15, 0.2) is 30.3 Å². The summed E-state index contributed by atoms with van der Waals surface area (Å²) in [5, 5.41) is 13.9. The molecule has 2 saturated heterocycles. The van der Waals surface area contributed by atoms with Crippen LogP contribution in [0.25, 0.3) is 0 Å². The molecule has 0 spiro atoms. The van der Waals surface area contributed by atoms with Gasteiger partial charge in [0.15, 0.2) is 12.6 Å². The molecule has 0 unspecified atom stereocenters. The molecule has 7 heteroatoms. The van der Waals surface area contributed by atoms with Crippen molar-refractivity contribution in [3.63, 3.8) is 0 Å². The number of benzene rings is 1. The molecule has 216 valence electrons. The van der Waals surface area contributed by atoms with E-state index in [1.807, 2.05) is 30.3 Å². The zero-order chi connectivity index (χ0) is 27.0. The molecule has 0 saturated carbocycles. The second-order valence-electron chi connectivity index (χ2n) is 10.9. The van der Waals surface area contributed by atoms with Gasteiger partial charge >= 0.3 is 0 Å². The van der Waals surface area contributed by atoms with E-state index in [-0.39, 0.29) is 12.5 Å². The van der Waals surface area contributed by atoms with Crippen LogP contribution in [0.2, 0.25) is 0 Å². The minimum Gasteiger partial charge on any atom is -0.388 e.